The van der Waals surface area contributed by atoms with Gasteiger partial charge in [-0.3, -0.25) is 0 Å². The molecule has 21 heavy (non-hydrogen) atoms. The Morgan fingerprint density at radius 2 is 2.00 bits per heavy atom. The van der Waals surface area contributed by atoms with Crippen molar-refractivity contribution in [2.24, 2.45) is 0 Å². The van der Waals surface area contributed by atoms with Crippen LogP contribution in [-0.2, 0) is 24.4 Å². The molecular formula is C17H22N2O2. The molecule has 1 N–H and O–H groups in total. The molecule has 1 aliphatic heterocycles. The highest BCUT2D eigenvalue weighted by Gasteiger charge is 2.23. The number of hydrogen-bond donors (Lipinski definition) is 1. The molecule has 1 aromatic carbocycles. The van der Waals surface area contributed by atoms with E-state index >= 15 is 0 Å². The molecule has 0 spiro atoms. The van der Waals surface area contributed by atoms with Gasteiger partial charge in [0, 0.05) is 36.2 Å². The quantitative estimate of drug-likeness (QED) is 0.882. The first-order valence-electron chi connectivity index (χ1n) is 7.59. The van der Waals surface area contributed by atoms with Crippen molar-refractivity contribution < 1.29 is 9.53 Å². The van der Waals surface area contributed by atoms with Gasteiger partial charge in [0.05, 0.1) is 11.7 Å². The molecule has 112 valence electrons. The van der Waals surface area contributed by atoms with Crippen molar-refractivity contribution in [2.45, 2.75) is 53.4 Å². The Bertz CT molecular complexity index is 713. The van der Waals surface area contributed by atoms with E-state index in [0.717, 1.165) is 41.8 Å². The number of rotatable bonds is 3. The molecule has 0 bridgehead atoms. The van der Waals surface area contributed by atoms with E-state index in [4.69, 9.17) is 4.74 Å². The first-order valence-corrected chi connectivity index (χ1v) is 7.59. The molecule has 4 nitrogen and oxygen atoms in total. The van der Waals surface area contributed by atoms with Gasteiger partial charge in [0.15, 0.2) is 0 Å². The summed E-state index contributed by atoms with van der Waals surface area (Å²) in [5.41, 5.74) is 5.46. The third-order valence-corrected chi connectivity index (χ3v) is 4.14. The standard InChI is InChI=1S/C17H22N2O2/c1-5-19-11(4)16(17(20)21-10(2)3)14-6-12-8-18-9-13(12)7-15(14)19/h6-7,10,18H,5,8-9H2,1-4H3. The number of esters is 1. The van der Waals surface area contributed by atoms with Gasteiger partial charge in [0.25, 0.3) is 0 Å². The van der Waals surface area contributed by atoms with Crippen LogP contribution in [0.25, 0.3) is 10.9 Å². The van der Waals surface area contributed by atoms with E-state index in [1.165, 1.54) is 11.1 Å². The Hall–Kier alpha value is -1.81. The smallest absolute Gasteiger partial charge is 0.340 e. The summed E-state index contributed by atoms with van der Waals surface area (Å²) in [5.74, 6) is -0.217. The highest BCUT2D eigenvalue weighted by atomic mass is 16.5. The fourth-order valence-corrected chi connectivity index (χ4v) is 3.21. The molecule has 4 heteroatoms. The first kappa shape index (κ1) is 14.1. The highest BCUT2D eigenvalue weighted by molar-refractivity contribution is 6.06. The fraction of sp³-hybridized carbons (Fsp3) is 0.471. The number of ether oxygens (including phenoxy) is 1. The normalized spacial score (nSPS) is 14.0. The molecule has 1 aliphatic rings. The second-order valence-corrected chi connectivity index (χ2v) is 5.90. The van der Waals surface area contributed by atoms with Crippen LogP contribution in [-0.4, -0.2) is 16.6 Å². The van der Waals surface area contributed by atoms with Gasteiger partial charge in [0.2, 0.25) is 0 Å². The van der Waals surface area contributed by atoms with Crippen molar-refractivity contribution in [3.8, 4) is 0 Å². The SMILES string of the molecule is CCn1c(C)c(C(=O)OC(C)C)c2cc3c(cc21)CNC3. The molecular weight excluding hydrogens is 264 g/mol. The molecule has 0 radical (unpaired) electrons. The number of carbonyl (C=O) groups excluding carboxylic acids is 1. The van der Waals surface area contributed by atoms with E-state index in [1.54, 1.807) is 0 Å². The summed E-state index contributed by atoms with van der Waals surface area (Å²) < 4.78 is 7.63. The third kappa shape index (κ3) is 2.23. The maximum Gasteiger partial charge on any atom is 0.340 e. The number of nitrogens with one attached hydrogen (secondary N) is 1. The summed E-state index contributed by atoms with van der Waals surface area (Å²) in [6.45, 7) is 10.5. The van der Waals surface area contributed by atoms with Crippen LogP contribution in [0, 0.1) is 6.92 Å². The summed E-state index contributed by atoms with van der Waals surface area (Å²) >= 11 is 0. The summed E-state index contributed by atoms with van der Waals surface area (Å²) in [6, 6.07) is 4.37. The van der Waals surface area contributed by atoms with Gasteiger partial charge < -0.3 is 14.6 Å². The average Bonchev–Trinajstić information content (AvgIpc) is 2.95. The number of aryl methyl sites for hydroxylation is 1. The van der Waals surface area contributed by atoms with Crippen LogP contribution >= 0.6 is 0 Å². The van der Waals surface area contributed by atoms with Crippen LogP contribution < -0.4 is 5.32 Å². The molecule has 0 atom stereocenters. The predicted octanol–water partition coefficient (Wildman–Crippen LogP) is 3.14. The van der Waals surface area contributed by atoms with E-state index < -0.39 is 0 Å². The zero-order valence-corrected chi connectivity index (χ0v) is 13.1. The van der Waals surface area contributed by atoms with Crippen molar-refractivity contribution in [1.29, 1.82) is 0 Å². The molecule has 0 fully saturated rings. The molecule has 0 unspecified atom stereocenters. The lowest BCUT2D eigenvalue weighted by Crippen LogP contribution is -2.13. The second-order valence-electron chi connectivity index (χ2n) is 5.90. The highest BCUT2D eigenvalue weighted by Crippen LogP contribution is 2.31. The summed E-state index contributed by atoms with van der Waals surface area (Å²) in [5, 5.41) is 4.38. The minimum atomic E-state index is -0.217. The largest absolute Gasteiger partial charge is 0.459 e. The monoisotopic (exact) mass is 286 g/mol. The predicted molar refractivity (Wildman–Crippen MR) is 83.4 cm³/mol. The molecule has 0 amide bonds. The van der Waals surface area contributed by atoms with Crippen LogP contribution in [0.1, 0.15) is 48.0 Å². The lowest BCUT2D eigenvalue weighted by Gasteiger charge is -2.08. The Kier molecular flexibility index (Phi) is 3.49. The number of fused-ring (bicyclic) bond motifs is 2. The van der Waals surface area contributed by atoms with Crippen LogP contribution in [0.15, 0.2) is 12.1 Å². The summed E-state index contributed by atoms with van der Waals surface area (Å²) in [4.78, 5) is 12.5. The Labute approximate surface area is 125 Å². The maximum atomic E-state index is 12.5. The van der Waals surface area contributed by atoms with Gasteiger partial charge in [-0.2, -0.15) is 0 Å². The van der Waals surface area contributed by atoms with Crippen LogP contribution in [0.5, 0.6) is 0 Å². The van der Waals surface area contributed by atoms with Gasteiger partial charge in [-0.25, -0.2) is 4.79 Å². The summed E-state index contributed by atoms with van der Waals surface area (Å²) in [6.07, 6.45) is -0.104. The molecule has 3 rings (SSSR count). The van der Waals surface area contributed by atoms with Gasteiger partial charge in [-0.15, -0.1) is 0 Å². The number of hydrogen-bond acceptors (Lipinski definition) is 3. The molecule has 2 aromatic rings. The lowest BCUT2D eigenvalue weighted by molar-refractivity contribution is 0.0379. The molecule has 2 heterocycles. The van der Waals surface area contributed by atoms with Crippen LogP contribution in [0.2, 0.25) is 0 Å². The molecule has 1 aromatic heterocycles. The van der Waals surface area contributed by atoms with Gasteiger partial charge in [-0.1, -0.05) is 0 Å². The third-order valence-electron chi connectivity index (χ3n) is 4.14. The zero-order valence-electron chi connectivity index (χ0n) is 13.1. The minimum absolute atomic E-state index is 0.104. The van der Waals surface area contributed by atoms with Gasteiger partial charge in [0.1, 0.15) is 0 Å². The van der Waals surface area contributed by atoms with E-state index in [9.17, 15) is 4.79 Å². The maximum absolute atomic E-state index is 12.5. The van der Waals surface area contributed by atoms with Gasteiger partial charge in [-0.05, 0) is 51.0 Å². The van der Waals surface area contributed by atoms with E-state index in [2.05, 4.69) is 28.9 Å². The number of benzene rings is 1. The van der Waals surface area contributed by atoms with Crippen LogP contribution in [0.3, 0.4) is 0 Å². The lowest BCUT2D eigenvalue weighted by atomic mass is 10.0. The Morgan fingerprint density at radius 3 is 2.62 bits per heavy atom. The number of carbonyl (C=O) groups is 1. The number of aromatic nitrogens is 1. The zero-order chi connectivity index (χ0) is 15.1. The minimum Gasteiger partial charge on any atom is -0.459 e. The van der Waals surface area contributed by atoms with Crippen molar-refractivity contribution >= 4 is 16.9 Å². The average molecular weight is 286 g/mol. The van der Waals surface area contributed by atoms with E-state index in [0.29, 0.717) is 0 Å². The molecule has 0 aliphatic carbocycles. The topological polar surface area (TPSA) is 43.3 Å². The van der Waals surface area contributed by atoms with Crippen LogP contribution in [0.4, 0.5) is 0 Å². The second kappa shape index (κ2) is 5.19. The van der Waals surface area contributed by atoms with Gasteiger partial charge >= 0.3 is 5.97 Å². The first-order chi connectivity index (χ1) is 10.0. The fourth-order valence-electron chi connectivity index (χ4n) is 3.21. The molecule has 0 saturated carbocycles. The van der Waals surface area contributed by atoms with E-state index in [1.807, 2.05) is 20.8 Å². The van der Waals surface area contributed by atoms with Crippen molar-refractivity contribution in [3.63, 3.8) is 0 Å². The Morgan fingerprint density at radius 1 is 1.33 bits per heavy atom. The number of nitrogens with zero attached hydrogens (tertiary/aromatic N) is 1. The molecule has 0 saturated heterocycles. The Balaban J connectivity index is 2.23. The van der Waals surface area contributed by atoms with Crippen molar-refractivity contribution in [2.75, 3.05) is 0 Å². The summed E-state index contributed by atoms with van der Waals surface area (Å²) in [7, 11) is 0. The van der Waals surface area contributed by atoms with Crippen molar-refractivity contribution in [3.05, 3.63) is 34.5 Å². The van der Waals surface area contributed by atoms with E-state index in [-0.39, 0.29) is 12.1 Å². The van der Waals surface area contributed by atoms with Crippen molar-refractivity contribution in [1.82, 2.24) is 9.88 Å².